The molecule has 3 aromatic rings. The minimum atomic E-state index is -0.818. The fourth-order valence-corrected chi connectivity index (χ4v) is 3.20. The van der Waals surface area contributed by atoms with Crippen LogP contribution in [-0.4, -0.2) is 11.1 Å². The van der Waals surface area contributed by atoms with Crippen LogP contribution in [0.3, 0.4) is 0 Å². The second-order valence-corrected chi connectivity index (χ2v) is 5.57. The minimum Gasteiger partial charge on any atom is -0.481 e. The summed E-state index contributed by atoms with van der Waals surface area (Å²) in [5, 5.41) is 9.63. The standard InChI is InChI=1S/C21H18O2.Ce/c22-20(23)16-21(17-10-4-1-5-11-17,18-12-6-2-7-13-18)19-14-8-3-9-15-19;/h1-15H,16H2,(H,22,23);. The van der Waals surface area contributed by atoms with Crippen molar-refractivity contribution in [1.29, 1.82) is 0 Å². The molecule has 0 aliphatic rings. The summed E-state index contributed by atoms with van der Waals surface area (Å²) in [6, 6.07) is 29.6. The summed E-state index contributed by atoms with van der Waals surface area (Å²) in [5.74, 6) is -0.818. The van der Waals surface area contributed by atoms with Gasteiger partial charge in [-0.3, -0.25) is 4.79 Å². The topological polar surface area (TPSA) is 37.3 Å². The van der Waals surface area contributed by atoms with Gasteiger partial charge in [-0.25, -0.2) is 0 Å². The Kier molecular flexibility index (Phi) is 6.72. The van der Waals surface area contributed by atoms with Crippen LogP contribution >= 0.6 is 0 Å². The van der Waals surface area contributed by atoms with Crippen molar-refractivity contribution in [3.8, 4) is 0 Å². The van der Waals surface area contributed by atoms with Crippen LogP contribution in [0.1, 0.15) is 23.1 Å². The summed E-state index contributed by atoms with van der Waals surface area (Å²) in [6.07, 6.45) is 0.00500. The Hall–Kier alpha value is -1.49. The molecule has 0 aliphatic heterocycles. The molecular formula is C21H18CeO2. The van der Waals surface area contributed by atoms with Gasteiger partial charge in [-0.15, -0.1) is 0 Å². The molecule has 3 heteroatoms. The second-order valence-electron chi connectivity index (χ2n) is 5.57. The van der Waals surface area contributed by atoms with Crippen LogP contribution in [-0.2, 0) is 10.2 Å². The summed E-state index contributed by atoms with van der Waals surface area (Å²) < 4.78 is 0. The van der Waals surface area contributed by atoms with Gasteiger partial charge in [-0.2, -0.15) is 0 Å². The van der Waals surface area contributed by atoms with E-state index in [1.165, 1.54) is 0 Å². The molecule has 0 saturated carbocycles. The Morgan fingerprint density at radius 3 is 1.21 bits per heavy atom. The van der Waals surface area contributed by atoms with Gasteiger partial charge in [-0.1, -0.05) is 91.0 Å². The fraction of sp³-hybridized carbons (Fsp3) is 0.0952. The predicted octanol–water partition coefficient (Wildman–Crippen LogP) is 4.50. The van der Waals surface area contributed by atoms with Gasteiger partial charge < -0.3 is 5.11 Å². The zero-order chi connectivity index (χ0) is 16.1. The average Bonchev–Trinajstić information content (AvgIpc) is 2.62. The van der Waals surface area contributed by atoms with E-state index in [1.807, 2.05) is 91.0 Å². The van der Waals surface area contributed by atoms with Gasteiger partial charge in [0.2, 0.25) is 0 Å². The van der Waals surface area contributed by atoms with Crippen molar-refractivity contribution < 1.29 is 51.6 Å². The largest absolute Gasteiger partial charge is 0.481 e. The first-order chi connectivity index (χ1) is 11.2. The Morgan fingerprint density at radius 1 is 0.667 bits per heavy atom. The molecule has 0 bridgehead atoms. The van der Waals surface area contributed by atoms with Gasteiger partial charge in [0.15, 0.2) is 0 Å². The fourth-order valence-electron chi connectivity index (χ4n) is 3.20. The van der Waals surface area contributed by atoms with Gasteiger partial charge in [0.1, 0.15) is 0 Å². The third-order valence-corrected chi connectivity index (χ3v) is 4.22. The molecule has 0 atom stereocenters. The molecule has 0 heterocycles. The third kappa shape index (κ3) is 3.77. The molecule has 0 unspecified atom stereocenters. The van der Waals surface area contributed by atoms with Gasteiger partial charge in [-0.05, 0) is 16.7 Å². The molecular weight excluding hydrogens is 424 g/mol. The van der Waals surface area contributed by atoms with E-state index in [-0.39, 0.29) is 48.2 Å². The van der Waals surface area contributed by atoms with E-state index in [2.05, 4.69) is 0 Å². The SMILES string of the molecule is O=C(O)CC(c1ccccc1)(c1ccccc1)c1ccccc1.[Ce]. The maximum Gasteiger partial charge on any atom is 0.304 e. The maximum atomic E-state index is 11.7. The maximum absolute atomic E-state index is 11.7. The molecule has 0 aliphatic carbocycles. The molecule has 118 valence electrons. The monoisotopic (exact) mass is 442 g/mol. The molecule has 0 spiro atoms. The number of aliphatic carboxylic acids is 1. The minimum absolute atomic E-state index is 0. The smallest absolute Gasteiger partial charge is 0.304 e. The van der Waals surface area contributed by atoms with Crippen LogP contribution in [0.5, 0.6) is 0 Å². The molecule has 0 amide bonds. The number of hydrogen-bond donors (Lipinski definition) is 1. The molecule has 0 radical (unpaired) electrons. The average molecular weight is 442 g/mol. The van der Waals surface area contributed by atoms with Crippen LogP contribution in [0.15, 0.2) is 91.0 Å². The van der Waals surface area contributed by atoms with E-state index in [0.29, 0.717) is 0 Å². The molecule has 0 saturated heterocycles. The van der Waals surface area contributed by atoms with Crippen LogP contribution in [0.2, 0.25) is 0 Å². The first kappa shape index (κ1) is 18.8. The summed E-state index contributed by atoms with van der Waals surface area (Å²) in [6.45, 7) is 0. The Labute approximate surface area is 175 Å². The number of hydrogen-bond acceptors (Lipinski definition) is 1. The van der Waals surface area contributed by atoms with Crippen LogP contribution in [0, 0.1) is 41.7 Å². The third-order valence-electron chi connectivity index (χ3n) is 4.22. The van der Waals surface area contributed by atoms with Crippen molar-refractivity contribution in [2.75, 3.05) is 0 Å². The van der Waals surface area contributed by atoms with E-state index in [9.17, 15) is 9.90 Å². The number of rotatable bonds is 5. The quantitative estimate of drug-likeness (QED) is 0.591. The molecule has 3 rings (SSSR count). The Bertz CT molecular complexity index is 674. The number of carboxylic acids is 1. The number of carboxylic acid groups (broad SMARTS) is 1. The summed E-state index contributed by atoms with van der Waals surface area (Å²) >= 11 is 0. The normalized spacial score (nSPS) is 10.7. The summed E-state index contributed by atoms with van der Waals surface area (Å²) in [5.41, 5.74) is 2.26. The van der Waals surface area contributed by atoms with Gasteiger partial charge in [0.05, 0.1) is 11.8 Å². The first-order valence-electron chi connectivity index (χ1n) is 7.62. The van der Waals surface area contributed by atoms with Crippen molar-refractivity contribution in [2.24, 2.45) is 0 Å². The van der Waals surface area contributed by atoms with E-state index in [1.54, 1.807) is 0 Å². The van der Waals surface area contributed by atoms with Gasteiger partial charge >= 0.3 is 5.97 Å². The van der Waals surface area contributed by atoms with Crippen molar-refractivity contribution >= 4 is 5.97 Å². The molecule has 24 heavy (non-hydrogen) atoms. The van der Waals surface area contributed by atoms with E-state index >= 15 is 0 Å². The van der Waals surface area contributed by atoms with E-state index in [4.69, 9.17) is 0 Å². The van der Waals surface area contributed by atoms with Gasteiger partial charge in [0, 0.05) is 41.7 Å². The van der Waals surface area contributed by atoms with E-state index < -0.39 is 11.4 Å². The Balaban J connectivity index is 0.00000208. The Morgan fingerprint density at radius 2 is 0.958 bits per heavy atom. The molecule has 3 aromatic carbocycles. The summed E-state index contributed by atoms with van der Waals surface area (Å²) in [7, 11) is 0. The number of benzene rings is 3. The predicted molar refractivity (Wildman–Crippen MR) is 91.5 cm³/mol. The zero-order valence-corrected chi connectivity index (χ0v) is 16.4. The zero-order valence-electron chi connectivity index (χ0n) is 13.2. The van der Waals surface area contributed by atoms with Crippen LogP contribution in [0.25, 0.3) is 0 Å². The molecule has 2 nitrogen and oxygen atoms in total. The molecule has 1 N–H and O–H groups in total. The number of carbonyl (C=O) groups is 1. The van der Waals surface area contributed by atoms with Crippen molar-refractivity contribution in [3.63, 3.8) is 0 Å². The van der Waals surface area contributed by atoms with Crippen molar-refractivity contribution in [1.82, 2.24) is 0 Å². The van der Waals surface area contributed by atoms with Crippen LogP contribution in [0.4, 0.5) is 0 Å². The molecule has 0 aromatic heterocycles. The van der Waals surface area contributed by atoms with E-state index in [0.717, 1.165) is 16.7 Å². The van der Waals surface area contributed by atoms with Crippen molar-refractivity contribution in [2.45, 2.75) is 11.8 Å². The molecule has 0 fully saturated rings. The summed E-state index contributed by atoms with van der Waals surface area (Å²) in [4.78, 5) is 11.7. The van der Waals surface area contributed by atoms with Gasteiger partial charge in [0.25, 0.3) is 0 Å². The first-order valence-corrected chi connectivity index (χ1v) is 7.62. The van der Waals surface area contributed by atoms with Crippen LogP contribution < -0.4 is 0 Å². The van der Waals surface area contributed by atoms with Crippen molar-refractivity contribution in [3.05, 3.63) is 108 Å². The second kappa shape index (κ2) is 8.56.